The summed E-state index contributed by atoms with van der Waals surface area (Å²) in [5, 5.41) is -10.0. The van der Waals surface area contributed by atoms with Crippen LogP contribution in [0.1, 0.15) is 63.6 Å². The van der Waals surface area contributed by atoms with Gasteiger partial charge in [0.1, 0.15) is 0 Å². The van der Waals surface area contributed by atoms with Crippen molar-refractivity contribution in [1.82, 2.24) is 0 Å². The summed E-state index contributed by atoms with van der Waals surface area (Å²) in [5.41, 5.74) is 1.08. The van der Waals surface area contributed by atoms with Gasteiger partial charge in [-0.05, 0) is 0 Å². The van der Waals surface area contributed by atoms with Crippen LogP contribution in [-0.2, 0) is 26.8 Å². The van der Waals surface area contributed by atoms with E-state index in [4.69, 9.17) is 59.1 Å². The Kier molecular flexibility index (Phi) is 33.0. The topological polar surface area (TPSA) is 203 Å². The fraction of sp³-hybridized carbons (Fsp3) is 0.354. The van der Waals surface area contributed by atoms with Crippen LogP contribution in [0.2, 0.25) is 37.5 Å². The number of rotatable bonds is 22. The standard InChI is InChI=1S/2C10H14O3Se.5C9H12O2Se/c1-4-14(11)8-5-6-9(12-2)10(7-8)13-3;1-4-14(11)9-7-5-6-8(12-2)10(9)13-3;1-7-4-5-8(12(3)10)6-9(7)11-2;4*1-3-12(10)9-7-5-4-6-8(9)11-2/h2*5-7H,4H2,1-3H3;4-6H,1-3H3;4*4-7H,3H2,1-2H3/i2*4DH;;3+1D2;2*3+1DH;3+1H2/t2*4-,14?;;;2*3-,12?;/m01..10./s1. The molecule has 0 N–H and O–H groups in total. The van der Waals surface area contributed by atoms with E-state index < -0.39 is 128 Å². The van der Waals surface area contributed by atoms with Gasteiger partial charge in [-0.3, -0.25) is 0 Å². The molecule has 7 aromatic carbocycles. The summed E-state index contributed by atoms with van der Waals surface area (Å²) in [6.07, 6.45) is 0. The molecule has 0 heterocycles. The minimum absolute atomic E-state index is 0.357. The van der Waals surface area contributed by atoms with Gasteiger partial charge in [-0.1, -0.05) is 0 Å². The van der Waals surface area contributed by atoms with Crippen LogP contribution in [0, 0.1) is 6.92 Å². The molecule has 0 saturated heterocycles. The Morgan fingerprint density at radius 2 is 0.670 bits per heavy atom. The van der Waals surface area contributed by atoms with Crippen LogP contribution in [0.25, 0.3) is 0 Å². The molecule has 0 spiro atoms. The fourth-order valence-electron chi connectivity index (χ4n) is 6.67. The van der Waals surface area contributed by atoms with Crippen LogP contribution >= 0.6 is 0 Å². The van der Waals surface area contributed by atoms with Gasteiger partial charge in [0.2, 0.25) is 0 Å². The number of aryl methyl sites for hydroxylation is 1. The SMILES string of the molecule is COc1cc([Se](C)=O)ccc1C.[1H][13C@@]([2H])(C)[Se](=O)c1ccccc1OC.[1H][13C@]([2H])(C)[Se](=O)c1ccccc1OC.[1H][13C]([1H])(C)[Se](=O)c1ccccc1OC.[1H][C@@]([2H])(C)[Se](=O)c1cccc(OC)c1OC.[1H][C@]([2H])(C)[Se](=O)c1ccc(OC)c(OC)c1.[2H][13C]([2H])(C)[Se](=O)c1ccccc1OC. The second kappa shape index (κ2) is 47.0. The fourth-order valence-corrected chi connectivity index (χ4v) is 17.1. The molecule has 0 bridgehead atoms. The summed E-state index contributed by atoms with van der Waals surface area (Å²) in [7, 11) is 13.5. The molecule has 486 valence electrons. The molecule has 88 heavy (non-hydrogen) atoms. The van der Waals surface area contributed by atoms with Crippen LogP contribution in [0.3, 0.4) is 0 Å². The van der Waals surface area contributed by atoms with Crippen LogP contribution in [-0.4, -0.2) is 161 Å². The van der Waals surface area contributed by atoms with Crippen molar-refractivity contribution in [2.75, 3.05) is 64.0 Å². The van der Waals surface area contributed by atoms with Crippen molar-refractivity contribution in [1.29, 1.82) is 0 Å². The predicted molar refractivity (Wildman–Crippen MR) is 360 cm³/mol. The summed E-state index contributed by atoms with van der Waals surface area (Å²) < 4.78 is 221. The van der Waals surface area contributed by atoms with Crippen molar-refractivity contribution in [2.24, 2.45) is 0 Å². The molecule has 0 amide bonds. The average Bonchev–Trinajstić information content (AvgIpc) is 0.853. The second-order valence-electron chi connectivity index (χ2n) is 16.0. The molecule has 7 aromatic rings. The van der Waals surface area contributed by atoms with E-state index in [1.807, 2.05) is 25.1 Å². The van der Waals surface area contributed by atoms with E-state index >= 15 is 0 Å². The summed E-state index contributed by atoms with van der Waals surface area (Å²) in [6, 6.07) is 42.9. The number of hydrogen-bond acceptors (Lipinski definition) is 16. The van der Waals surface area contributed by atoms with Gasteiger partial charge in [-0.15, -0.1) is 0 Å². The quantitative estimate of drug-likeness (QED) is 0.0458. The van der Waals surface area contributed by atoms with Crippen LogP contribution in [0.5, 0.6) is 51.7 Å². The number of methoxy groups -OCH3 is 9. The normalized spacial score (nSPS) is 17.6. The molecule has 7 unspecified atom stereocenters. The molecule has 0 saturated carbocycles. The molecular formula is C65H88O16Se7. The van der Waals surface area contributed by atoms with Crippen molar-refractivity contribution in [3.05, 3.63) is 157 Å². The second-order valence-corrected chi connectivity index (χ2v) is 36.4. The van der Waals surface area contributed by atoms with E-state index in [1.165, 1.54) is 98.4 Å². The monoisotopic (exact) mass is 1690 g/mol. The first-order valence-corrected chi connectivity index (χ1v) is 43.5. The van der Waals surface area contributed by atoms with E-state index in [0.717, 1.165) is 15.8 Å². The van der Waals surface area contributed by atoms with E-state index in [2.05, 4.69) is 0 Å². The Hall–Kier alpha value is -5.02. The molecule has 0 radical (unpaired) electrons. The summed E-state index contributed by atoms with van der Waals surface area (Å²) in [4.78, 5) is 0. The van der Waals surface area contributed by atoms with Crippen LogP contribution in [0.4, 0.5) is 0 Å². The third-order valence-corrected chi connectivity index (χ3v) is 26.8. The maximum absolute atomic E-state index is 12.0. The first-order valence-electron chi connectivity index (χ1n) is 31.8. The van der Waals surface area contributed by atoms with Crippen molar-refractivity contribution in [2.45, 2.75) is 85.9 Å². The first-order chi connectivity index (χ1) is 46.3. The first kappa shape index (κ1) is 61.8. The molecule has 7 rings (SSSR count). The summed E-state index contributed by atoms with van der Waals surface area (Å²) in [6.45, 7) is 9.92. The number of ether oxygens (including phenoxy) is 9. The molecular weight excluding hydrogens is 1590 g/mol. The van der Waals surface area contributed by atoms with Crippen molar-refractivity contribution in [3.8, 4) is 51.7 Å². The third kappa shape index (κ3) is 27.6. The van der Waals surface area contributed by atoms with Crippen LogP contribution in [0.15, 0.2) is 152 Å². The Bertz CT molecular complexity index is 3610. The molecule has 16 nitrogen and oxygen atoms in total. The van der Waals surface area contributed by atoms with E-state index in [9.17, 15) is 26.8 Å². The Morgan fingerprint density at radius 1 is 0.341 bits per heavy atom. The molecule has 0 aliphatic rings. The minimum atomic E-state index is -2.82. The number of para-hydroxylation sites is 5. The van der Waals surface area contributed by atoms with Crippen molar-refractivity contribution >= 4 is 128 Å². The molecule has 0 aromatic heterocycles. The molecule has 23 heteroatoms. The van der Waals surface area contributed by atoms with Gasteiger partial charge in [0.05, 0.1) is 0 Å². The zero-order valence-corrected chi connectivity index (χ0v) is 64.3. The molecule has 11 atom stereocenters. The van der Waals surface area contributed by atoms with Crippen molar-refractivity contribution in [3.63, 3.8) is 0 Å². The number of hydrogen-bond donors (Lipinski definition) is 0. The van der Waals surface area contributed by atoms with Gasteiger partial charge in [-0.2, -0.15) is 0 Å². The summed E-state index contributed by atoms with van der Waals surface area (Å²) >= 11 is -18.2. The predicted octanol–water partition coefficient (Wildman–Crippen LogP) is 9.34. The van der Waals surface area contributed by atoms with Crippen molar-refractivity contribution < 1.29 is 85.9 Å². The molecule has 0 aliphatic heterocycles. The van der Waals surface area contributed by atoms with E-state index in [0.29, 0.717) is 72.8 Å². The van der Waals surface area contributed by atoms with Gasteiger partial charge >= 0.3 is 573 Å². The van der Waals surface area contributed by atoms with Gasteiger partial charge in [0.15, 0.2) is 0 Å². The molecule has 0 fully saturated rings. The Balaban J connectivity index is 0.000000584. The van der Waals surface area contributed by atoms with Gasteiger partial charge in [-0.25, -0.2) is 0 Å². The third-order valence-electron chi connectivity index (χ3n) is 11.0. The van der Waals surface area contributed by atoms with Gasteiger partial charge < -0.3 is 0 Å². The number of benzene rings is 7. The van der Waals surface area contributed by atoms with Gasteiger partial charge in [0.25, 0.3) is 0 Å². The zero-order valence-electron chi connectivity index (χ0n) is 64.3. The van der Waals surface area contributed by atoms with Gasteiger partial charge in [0, 0.05) is 0 Å². The zero-order chi connectivity index (χ0) is 76.9. The Morgan fingerprint density at radius 3 is 1.02 bits per heavy atom. The van der Waals surface area contributed by atoms with Crippen LogP contribution < -0.4 is 73.9 Å². The maximum atomic E-state index is 12.0. The average molecular weight is 1690 g/mol. The summed E-state index contributed by atoms with van der Waals surface area (Å²) in [5.74, 6) is 6.40. The Labute approximate surface area is 568 Å². The van der Waals surface area contributed by atoms with E-state index in [1.54, 1.807) is 146 Å². The van der Waals surface area contributed by atoms with E-state index in [-0.39, 0.29) is 0 Å². The molecule has 0 aliphatic carbocycles.